The van der Waals surface area contributed by atoms with Crippen LogP contribution in [0, 0.1) is 12.7 Å². The van der Waals surface area contributed by atoms with E-state index < -0.39 is 6.04 Å². The largest absolute Gasteiger partial charge is 0.323 e. The molecule has 21 heavy (non-hydrogen) atoms. The van der Waals surface area contributed by atoms with E-state index in [1.807, 2.05) is 13.0 Å². The minimum absolute atomic E-state index is 0.274. The molecular formula is C15H13BrFN3O. The second-order valence-corrected chi connectivity index (χ2v) is 5.89. The number of hydrogen-bond donors (Lipinski definition) is 3. The Morgan fingerprint density at radius 3 is 2.48 bits per heavy atom. The summed E-state index contributed by atoms with van der Waals surface area (Å²) in [5.74, 6) is -0.312. The fourth-order valence-corrected chi connectivity index (χ4v) is 3.02. The molecule has 0 bridgehead atoms. The van der Waals surface area contributed by atoms with Gasteiger partial charge in [0.25, 0.3) is 0 Å². The van der Waals surface area contributed by atoms with Crippen LogP contribution >= 0.6 is 15.9 Å². The first-order chi connectivity index (χ1) is 9.94. The molecule has 1 heterocycles. The highest BCUT2D eigenvalue weighted by Crippen LogP contribution is 2.30. The Labute approximate surface area is 128 Å². The number of benzene rings is 2. The summed E-state index contributed by atoms with van der Waals surface area (Å²) in [6, 6.07) is 7.82. The van der Waals surface area contributed by atoms with E-state index in [2.05, 4.69) is 25.9 Å². The van der Waals surface area contributed by atoms with Crippen molar-refractivity contribution >= 4 is 27.0 Å². The monoisotopic (exact) mass is 349 g/mol. The smallest absolute Gasteiger partial charge is 0.320 e. The number of fused-ring (bicyclic) bond motifs is 1. The van der Waals surface area contributed by atoms with Crippen molar-refractivity contribution < 1.29 is 4.39 Å². The molecule has 0 radical (unpaired) electrons. The lowest BCUT2D eigenvalue weighted by molar-refractivity contribution is 0.622. The number of imidazole rings is 1. The SMILES string of the molecule is Cc1cc(F)cc(C(N)c2cc3[nH]c(=O)[nH]c3cc2Br)c1. The Hall–Kier alpha value is -1.92. The van der Waals surface area contributed by atoms with Crippen LogP contribution in [0.5, 0.6) is 0 Å². The van der Waals surface area contributed by atoms with Crippen LogP contribution in [-0.4, -0.2) is 9.97 Å². The molecule has 108 valence electrons. The molecular weight excluding hydrogens is 337 g/mol. The van der Waals surface area contributed by atoms with Crippen LogP contribution in [0.4, 0.5) is 4.39 Å². The standard InChI is InChI=1S/C15H13BrFN3O/c1-7-2-8(4-9(17)3-7)14(18)10-5-12-13(6-11(10)16)20-15(21)19-12/h2-6,14H,18H2,1H3,(H2,19,20,21). The Kier molecular flexibility index (Phi) is 3.43. The van der Waals surface area contributed by atoms with Gasteiger partial charge in [0, 0.05) is 4.47 Å². The lowest BCUT2D eigenvalue weighted by atomic mass is 9.97. The highest BCUT2D eigenvalue weighted by atomic mass is 79.9. The molecule has 4 nitrogen and oxygen atoms in total. The van der Waals surface area contributed by atoms with Gasteiger partial charge < -0.3 is 15.7 Å². The summed E-state index contributed by atoms with van der Waals surface area (Å²) >= 11 is 3.45. The van der Waals surface area contributed by atoms with E-state index in [4.69, 9.17) is 5.73 Å². The van der Waals surface area contributed by atoms with Crippen LogP contribution in [-0.2, 0) is 0 Å². The van der Waals surface area contributed by atoms with Gasteiger partial charge in [-0.05, 0) is 47.9 Å². The van der Waals surface area contributed by atoms with Gasteiger partial charge in [0.05, 0.1) is 17.1 Å². The number of aryl methyl sites for hydroxylation is 1. The van der Waals surface area contributed by atoms with E-state index in [1.54, 1.807) is 12.1 Å². The number of halogens is 2. The average Bonchev–Trinajstić information content (AvgIpc) is 2.75. The molecule has 3 rings (SSSR count). The van der Waals surface area contributed by atoms with E-state index in [0.29, 0.717) is 16.6 Å². The molecule has 0 saturated heterocycles. The molecule has 0 amide bonds. The van der Waals surface area contributed by atoms with Crippen molar-refractivity contribution in [1.29, 1.82) is 0 Å². The van der Waals surface area contributed by atoms with Crippen molar-refractivity contribution in [2.45, 2.75) is 13.0 Å². The number of rotatable bonds is 2. The van der Waals surface area contributed by atoms with Crippen LogP contribution in [0.25, 0.3) is 11.0 Å². The first kappa shape index (κ1) is 14.0. The number of nitrogens with one attached hydrogen (secondary N) is 2. The topological polar surface area (TPSA) is 74.7 Å². The maximum Gasteiger partial charge on any atom is 0.323 e. The zero-order valence-corrected chi connectivity index (χ0v) is 12.8. The molecule has 0 fully saturated rings. The van der Waals surface area contributed by atoms with E-state index in [1.165, 1.54) is 12.1 Å². The van der Waals surface area contributed by atoms with Crippen molar-refractivity contribution in [1.82, 2.24) is 9.97 Å². The molecule has 0 spiro atoms. The zero-order valence-electron chi connectivity index (χ0n) is 11.2. The molecule has 0 saturated carbocycles. The van der Waals surface area contributed by atoms with Gasteiger partial charge in [-0.3, -0.25) is 0 Å². The first-order valence-corrected chi connectivity index (χ1v) is 7.17. The third kappa shape index (κ3) is 2.64. The number of aromatic nitrogens is 2. The van der Waals surface area contributed by atoms with E-state index in [0.717, 1.165) is 15.6 Å². The number of aromatic amines is 2. The summed E-state index contributed by atoms with van der Waals surface area (Å²) in [6.07, 6.45) is 0. The molecule has 1 aromatic heterocycles. The summed E-state index contributed by atoms with van der Waals surface area (Å²) in [4.78, 5) is 16.7. The Bertz CT molecular complexity index is 864. The molecule has 3 aromatic rings. The molecule has 1 atom stereocenters. The highest BCUT2D eigenvalue weighted by molar-refractivity contribution is 9.10. The van der Waals surface area contributed by atoms with E-state index >= 15 is 0 Å². The van der Waals surface area contributed by atoms with Crippen LogP contribution in [0.3, 0.4) is 0 Å². The second-order valence-electron chi connectivity index (χ2n) is 5.04. The van der Waals surface area contributed by atoms with Gasteiger partial charge in [-0.15, -0.1) is 0 Å². The third-order valence-corrected chi connectivity index (χ3v) is 4.08. The highest BCUT2D eigenvalue weighted by Gasteiger charge is 2.15. The quantitative estimate of drug-likeness (QED) is 0.664. The minimum Gasteiger partial charge on any atom is -0.320 e. The van der Waals surface area contributed by atoms with Gasteiger partial charge in [0.2, 0.25) is 0 Å². The normalized spacial score (nSPS) is 12.8. The van der Waals surface area contributed by atoms with Crippen molar-refractivity contribution in [3.63, 3.8) is 0 Å². The van der Waals surface area contributed by atoms with Gasteiger partial charge in [-0.2, -0.15) is 0 Å². The van der Waals surface area contributed by atoms with Crippen molar-refractivity contribution in [2.24, 2.45) is 5.73 Å². The van der Waals surface area contributed by atoms with Crippen molar-refractivity contribution in [2.75, 3.05) is 0 Å². The third-order valence-electron chi connectivity index (χ3n) is 3.39. The Morgan fingerprint density at radius 2 is 1.81 bits per heavy atom. The summed E-state index contributed by atoms with van der Waals surface area (Å²) in [7, 11) is 0. The predicted octanol–water partition coefficient (Wildman–Crippen LogP) is 3.11. The zero-order chi connectivity index (χ0) is 15.1. The molecule has 6 heteroatoms. The molecule has 1 unspecified atom stereocenters. The first-order valence-electron chi connectivity index (χ1n) is 6.38. The van der Waals surface area contributed by atoms with Gasteiger partial charge in [-0.1, -0.05) is 22.0 Å². The summed E-state index contributed by atoms with van der Waals surface area (Å²) < 4.78 is 14.3. The maximum absolute atomic E-state index is 13.5. The second kappa shape index (κ2) is 5.13. The van der Waals surface area contributed by atoms with Crippen LogP contribution in [0.15, 0.2) is 39.6 Å². The Balaban J connectivity index is 2.13. The number of H-pyrrole nitrogens is 2. The summed E-state index contributed by atoms with van der Waals surface area (Å²) in [5.41, 5.74) is 9.62. The number of nitrogens with two attached hydrogens (primary N) is 1. The fourth-order valence-electron chi connectivity index (χ4n) is 2.43. The van der Waals surface area contributed by atoms with Crippen LogP contribution < -0.4 is 11.4 Å². The number of hydrogen-bond acceptors (Lipinski definition) is 2. The minimum atomic E-state index is -0.489. The van der Waals surface area contributed by atoms with Crippen LogP contribution in [0.1, 0.15) is 22.7 Å². The average molecular weight is 350 g/mol. The van der Waals surface area contributed by atoms with Gasteiger partial charge in [-0.25, -0.2) is 9.18 Å². The van der Waals surface area contributed by atoms with Gasteiger partial charge in [0.1, 0.15) is 5.82 Å². The van der Waals surface area contributed by atoms with E-state index in [9.17, 15) is 9.18 Å². The van der Waals surface area contributed by atoms with Crippen molar-refractivity contribution in [3.8, 4) is 0 Å². The van der Waals surface area contributed by atoms with Gasteiger partial charge >= 0.3 is 5.69 Å². The maximum atomic E-state index is 13.5. The van der Waals surface area contributed by atoms with Crippen LogP contribution in [0.2, 0.25) is 0 Å². The molecule has 0 aliphatic heterocycles. The predicted molar refractivity (Wildman–Crippen MR) is 83.8 cm³/mol. The molecule has 4 N–H and O–H groups in total. The van der Waals surface area contributed by atoms with E-state index in [-0.39, 0.29) is 11.5 Å². The summed E-state index contributed by atoms with van der Waals surface area (Å²) in [5, 5.41) is 0. The molecule has 0 aliphatic rings. The summed E-state index contributed by atoms with van der Waals surface area (Å²) in [6.45, 7) is 1.82. The fraction of sp³-hybridized carbons (Fsp3) is 0.133. The Morgan fingerprint density at radius 1 is 1.14 bits per heavy atom. The van der Waals surface area contributed by atoms with Gasteiger partial charge in [0.15, 0.2) is 0 Å². The molecule has 0 aliphatic carbocycles. The lowest BCUT2D eigenvalue weighted by Crippen LogP contribution is -2.13. The molecule has 2 aromatic carbocycles. The lowest BCUT2D eigenvalue weighted by Gasteiger charge is -2.15. The van der Waals surface area contributed by atoms with Crippen molar-refractivity contribution in [3.05, 3.63) is 67.8 Å².